The second-order valence-corrected chi connectivity index (χ2v) is 8.57. The van der Waals surface area contributed by atoms with E-state index in [9.17, 15) is 14.4 Å². The molecule has 0 saturated heterocycles. The van der Waals surface area contributed by atoms with Crippen molar-refractivity contribution in [1.29, 1.82) is 0 Å². The monoisotopic (exact) mass is 448 g/mol. The molecule has 172 valence electrons. The zero-order valence-corrected chi connectivity index (χ0v) is 18.3. The predicted molar refractivity (Wildman–Crippen MR) is 124 cm³/mol. The molecule has 2 aliphatic carbocycles. The van der Waals surface area contributed by atoms with Crippen LogP contribution in [0.25, 0.3) is 11.1 Å². The van der Waals surface area contributed by atoms with Gasteiger partial charge in [0.1, 0.15) is 12.6 Å². The lowest BCUT2D eigenvalue weighted by molar-refractivity contribution is -0.139. The Morgan fingerprint density at radius 2 is 1.73 bits per heavy atom. The number of allylic oxidation sites excluding steroid dienone is 1. The van der Waals surface area contributed by atoms with Crippen molar-refractivity contribution in [2.75, 3.05) is 13.2 Å². The van der Waals surface area contributed by atoms with Crippen LogP contribution < -0.4 is 10.6 Å². The Balaban J connectivity index is 1.34. The maximum atomic E-state index is 12.6. The van der Waals surface area contributed by atoms with Crippen molar-refractivity contribution in [3.05, 3.63) is 72.3 Å². The molecular weight excluding hydrogens is 420 g/mol. The van der Waals surface area contributed by atoms with Crippen LogP contribution in [-0.4, -0.2) is 42.3 Å². The molecule has 7 nitrogen and oxygen atoms in total. The molecule has 7 heteroatoms. The van der Waals surface area contributed by atoms with E-state index in [4.69, 9.17) is 9.84 Å². The largest absolute Gasteiger partial charge is 0.481 e. The Bertz CT molecular complexity index is 1020. The quantitative estimate of drug-likeness (QED) is 0.481. The zero-order chi connectivity index (χ0) is 23.4. The summed E-state index contributed by atoms with van der Waals surface area (Å²) in [5.74, 6) is -1.70. The summed E-state index contributed by atoms with van der Waals surface area (Å²) in [6.45, 7) is 4.12. The van der Waals surface area contributed by atoms with Gasteiger partial charge in [-0.15, -0.1) is 6.58 Å². The van der Waals surface area contributed by atoms with Crippen molar-refractivity contribution in [2.45, 2.75) is 31.2 Å². The van der Waals surface area contributed by atoms with E-state index in [1.54, 1.807) is 6.08 Å². The van der Waals surface area contributed by atoms with E-state index in [0.29, 0.717) is 19.3 Å². The number of amides is 2. The Kier molecular flexibility index (Phi) is 6.77. The van der Waals surface area contributed by atoms with Crippen molar-refractivity contribution in [1.82, 2.24) is 10.6 Å². The normalized spacial score (nSPS) is 19.0. The molecule has 2 aliphatic rings. The van der Waals surface area contributed by atoms with Crippen molar-refractivity contribution in [3.8, 4) is 11.1 Å². The molecule has 0 aromatic heterocycles. The van der Waals surface area contributed by atoms with Crippen molar-refractivity contribution >= 4 is 18.0 Å². The summed E-state index contributed by atoms with van der Waals surface area (Å²) in [4.78, 5) is 36.2. The van der Waals surface area contributed by atoms with Crippen molar-refractivity contribution in [2.24, 2.45) is 11.8 Å². The molecule has 0 spiro atoms. The minimum atomic E-state index is -0.839. The Morgan fingerprint density at radius 3 is 2.30 bits per heavy atom. The number of hydrogen-bond acceptors (Lipinski definition) is 4. The van der Waals surface area contributed by atoms with Gasteiger partial charge < -0.3 is 20.5 Å². The van der Waals surface area contributed by atoms with E-state index in [0.717, 1.165) is 22.3 Å². The summed E-state index contributed by atoms with van der Waals surface area (Å²) in [5.41, 5.74) is 4.52. The Hall–Kier alpha value is -3.61. The van der Waals surface area contributed by atoms with E-state index in [-0.39, 0.29) is 30.9 Å². The molecular formula is C26H28N2O5. The van der Waals surface area contributed by atoms with E-state index in [1.807, 2.05) is 36.4 Å². The second kappa shape index (κ2) is 9.90. The molecule has 0 radical (unpaired) electrons. The minimum Gasteiger partial charge on any atom is -0.481 e. The van der Waals surface area contributed by atoms with Gasteiger partial charge in [-0.2, -0.15) is 0 Å². The smallest absolute Gasteiger partial charge is 0.407 e. The molecule has 0 heterocycles. The van der Waals surface area contributed by atoms with Gasteiger partial charge >= 0.3 is 12.1 Å². The SMILES string of the molecule is C=CCCC(NC(=O)OCC1c2ccccc2-c2ccccc21)C(=O)NC[C@H]1C[C@H]1C(=O)O. The number of aliphatic carboxylic acids is 1. The molecule has 1 saturated carbocycles. The lowest BCUT2D eigenvalue weighted by Crippen LogP contribution is -2.47. The van der Waals surface area contributed by atoms with Crippen LogP contribution in [0.2, 0.25) is 0 Å². The number of alkyl carbamates (subject to hydrolysis) is 1. The van der Waals surface area contributed by atoms with Crippen LogP contribution in [0.1, 0.15) is 36.3 Å². The molecule has 2 aromatic carbocycles. The highest BCUT2D eigenvalue weighted by molar-refractivity contribution is 5.86. The Labute approximate surface area is 192 Å². The first kappa shape index (κ1) is 22.6. The van der Waals surface area contributed by atoms with Gasteiger partial charge in [0, 0.05) is 12.5 Å². The fraction of sp³-hybridized carbons (Fsp3) is 0.346. The van der Waals surface area contributed by atoms with Crippen molar-refractivity contribution < 1.29 is 24.2 Å². The van der Waals surface area contributed by atoms with Crippen LogP contribution in [-0.2, 0) is 14.3 Å². The number of rotatable bonds is 10. The summed E-state index contributed by atoms with van der Waals surface area (Å²) in [5, 5.41) is 14.4. The number of carbonyl (C=O) groups is 3. The van der Waals surface area contributed by atoms with E-state index >= 15 is 0 Å². The molecule has 1 unspecified atom stereocenters. The summed E-state index contributed by atoms with van der Waals surface area (Å²) in [6, 6.07) is 15.4. The van der Waals surface area contributed by atoms with Gasteiger partial charge in [-0.1, -0.05) is 54.6 Å². The highest BCUT2D eigenvalue weighted by Crippen LogP contribution is 2.44. The van der Waals surface area contributed by atoms with Gasteiger partial charge in [0.2, 0.25) is 5.91 Å². The Morgan fingerprint density at radius 1 is 1.09 bits per heavy atom. The van der Waals surface area contributed by atoms with E-state index in [1.165, 1.54) is 0 Å². The third-order valence-corrected chi connectivity index (χ3v) is 6.39. The molecule has 0 bridgehead atoms. The maximum Gasteiger partial charge on any atom is 0.407 e. The van der Waals surface area contributed by atoms with Crippen LogP contribution in [0.5, 0.6) is 0 Å². The molecule has 3 N–H and O–H groups in total. The predicted octanol–water partition coefficient (Wildman–Crippen LogP) is 3.70. The fourth-order valence-corrected chi connectivity index (χ4v) is 4.47. The van der Waals surface area contributed by atoms with E-state index in [2.05, 4.69) is 29.3 Å². The highest BCUT2D eigenvalue weighted by atomic mass is 16.5. The molecule has 0 aliphatic heterocycles. The lowest BCUT2D eigenvalue weighted by atomic mass is 9.98. The third-order valence-electron chi connectivity index (χ3n) is 6.39. The second-order valence-electron chi connectivity index (χ2n) is 8.57. The van der Waals surface area contributed by atoms with Crippen LogP contribution in [0.15, 0.2) is 61.2 Å². The molecule has 2 amide bonds. The summed E-state index contributed by atoms with van der Waals surface area (Å²) < 4.78 is 5.55. The topological polar surface area (TPSA) is 105 Å². The van der Waals surface area contributed by atoms with Gasteiger partial charge in [-0.25, -0.2) is 4.79 Å². The fourth-order valence-electron chi connectivity index (χ4n) is 4.47. The maximum absolute atomic E-state index is 12.6. The first-order valence-corrected chi connectivity index (χ1v) is 11.2. The van der Waals surface area contributed by atoms with Crippen LogP contribution in [0.3, 0.4) is 0 Å². The highest BCUT2D eigenvalue weighted by Gasteiger charge is 2.43. The number of hydrogen-bond donors (Lipinski definition) is 3. The third kappa shape index (κ3) is 5.08. The number of ether oxygens (including phenoxy) is 1. The number of carboxylic acids is 1. The number of carboxylic acid groups (broad SMARTS) is 1. The molecule has 1 fully saturated rings. The van der Waals surface area contributed by atoms with Crippen molar-refractivity contribution in [3.63, 3.8) is 0 Å². The molecule has 2 aromatic rings. The van der Waals surface area contributed by atoms with Gasteiger partial charge in [-0.3, -0.25) is 9.59 Å². The van der Waals surface area contributed by atoms with Crippen LogP contribution >= 0.6 is 0 Å². The average molecular weight is 449 g/mol. The molecule has 4 rings (SSSR count). The van der Waals surface area contributed by atoms with Gasteiger partial charge in [0.15, 0.2) is 0 Å². The minimum absolute atomic E-state index is 0.0547. The van der Waals surface area contributed by atoms with Gasteiger partial charge in [0.25, 0.3) is 0 Å². The first-order chi connectivity index (χ1) is 16.0. The summed E-state index contributed by atoms with van der Waals surface area (Å²) in [7, 11) is 0. The standard InChI is InChI=1S/C26H28N2O5/c1-2-3-12-23(24(29)27-14-16-13-21(16)25(30)31)28-26(32)33-15-22-19-10-6-4-8-17(19)18-9-5-7-11-20(18)22/h2,4-11,16,21-23H,1,3,12-15H2,(H,27,29)(H,28,32)(H,30,31)/t16-,21-,23?/m1/s1. The average Bonchev–Trinajstić information content (AvgIpc) is 3.54. The number of fused-ring (bicyclic) bond motifs is 3. The zero-order valence-electron chi connectivity index (χ0n) is 18.3. The number of benzene rings is 2. The summed E-state index contributed by atoms with van der Waals surface area (Å²) in [6.07, 6.45) is 2.51. The van der Waals surface area contributed by atoms with Crippen LogP contribution in [0, 0.1) is 11.8 Å². The lowest BCUT2D eigenvalue weighted by Gasteiger charge is -2.19. The van der Waals surface area contributed by atoms with Gasteiger partial charge in [0.05, 0.1) is 5.92 Å². The number of carbonyl (C=O) groups excluding carboxylic acids is 2. The first-order valence-electron chi connectivity index (χ1n) is 11.2. The van der Waals surface area contributed by atoms with Gasteiger partial charge in [-0.05, 0) is 47.4 Å². The van der Waals surface area contributed by atoms with E-state index < -0.39 is 24.0 Å². The molecule has 3 atom stereocenters. The number of nitrogens with one attached hydrogen (secondary N) is 2. The molecule has 33 heavy (non-hydrogen) atoms. The summed E-state index contributed by atoms with van der Waals surface area (Å²) >= 11 is 0. The van der Waals surface area contributed by atoms with Crippen LogP contribution in [0.4, 0.5) is 4.79 Å².